The molecule has 1 aromatic heterocycles. The van der Waals surface area contributed by atoms with Crippen molar-refractivity contribution >= 4 is 23.3 Å². The fourth-order valence-corrected chi connectivity index (χ4v) is 2.04. The van der Waals surface area contributed by atoms with Gasteiger partial charge >= 0.3 is 5.97 Å². The van der Waals surface area contributed by atoms with Crippen molar-refractivity contribution in [3.8, 4) is 0 Å². The molecule has 1 atom stereocenters. The Kier molecular flexibility index (Phi) is 5.89. The Hall–Kier alpha value is -2.89. The summed E-state index contributed by atoms with van der Waals surface area (Å²) in [5.41, 5.74) is 2.22. The van der Waals surface area contributed by atoms with Crippen LogP contribution in [0.25, 0.3) is 0 Å². The van der Waals surface area contributed by atoms with Crippen LogP contribution in [0.5, 0.6) is 0 Å². The number of carbonyl (C=O) groups excluding carboxylic acids is 2. The molecule has 126 valence electrons. The van der Waals surface area contributed by atoms with Gasteiger partial charge in [-0.25, -0.2) is 4.79 Å². The van der Waals surface area contributed by atoms with Crippen LogP contribution in [0.2, 0.25) is 0 Å². The molecular formula is C18H21N3O3. The molecule has 1 aromatic carbocycles. The number of hydrogen-bond donors (Lipinski definition) is 2. The molecule has 2 N–H and O–H groups in total. The Labute approximate surface area is 141 Å². The van der Waals surface area contributed by atoms with E-state index in [1.54, 1.807) is 36.5 Å². The maximum absolute atomic E-state index is 12.1. The number of methoxy groups -OCH3 is 1. The van der Waals surface area contributed by atoms with E-state index in [-0.39, 0.29) is 11.9 Å². The van der Waals surface area contributed by atoms with Gasteiger partial charge in [-0.3, -0.25) is 9.78 Å². The molecule has 0 fully saturated rings. The first-order valence-corrected chi connectivity index (χ1v) is 7.75. The highest BCUT2D eigenvalue weighted by Crippen LogP contribution is 2.18. The number of rotatable bonds is 6. The summed E-state index contributed by atoms with van der Waals surface area (Å²) in [5, 5.41) is 6.04. The van der Waals surface area contributed by atoms with Crippen LogP contribution in [-0.2, 0) is 4.74 Å². The molecule has 1 unspecified atom stereocenters. The van der Waals surface area contributed by atoms with Gasteiger partial charge in [-0.1, -0.05) is 13.0 Å². The van der Waals surface area contributed by atoms with Gasteiger partial charge in [-0.05, 0) is 43.7 Å². The second kappa shape index (κ2) is 8.10. The SMILES string of the molecule is CCC(C)NC(=O)c1cc(Nc2cccc(C(=O)OC)c2)ccn1. The normalized spacial score (nSPS) is 11.5. The largest absolute Gasteiger partial charge is 0.465 e. The lowest BCUT2D eigenvalue weighted by Gasteiger charge is -2.12. The Balaban J connectivity index is 2.15. The molecule has 0 saturated carbocycles. The van der Waals surface area contributed by atoms with Gasteiger partial charge < -0.3 is 15.4 Å². The van der Waals surface area contributed by atoms with Gasteiger partial charge in [0.25, 0.3) is 5.91 Å². The molecule has 6 nitrogen and oxygen atoms in total. The molecule has 0 aliphatic carbocycles. The van der Waals surface area contributed by atoms with Gasteiger partial charge in [0.1, 0.15) is 5.69 Å². The third kappa shape index (κ3) is 4.55. The zero-order chi connectivity index (χ0) is 17.5. The summed E-state index contributed by atoms with van der Waals surface area (Å²) < 4.78 is 4.71. The summed E-state index contributed by atoms with van der Waals surface area (Å²) in [5.74, 6) is -0.613. The third-order valence-electron chi connectivity index (χ3n) is 3.55. The van der Waals surface area contributed by atoms with Crippen molar-refractivity contribution in [2.24, 2.45) is 0 Å². The van der Waals surface area contributed by atoms with Crippen LogP contribution >= 0.6 is 0 Å². The van der Waals surface area contributed by atoms with Crippen LogP contribution in [0.1, 0.15) is 41.1 Å². The molecule has 0 bridgehead atoms. The predicted octanol–water partition coefficient (Wildman–Crippen LogP) is 3.14. The lowest BCUT2D eigenvalue weighted by molar-refractivity contribution is 0.0600. The van der Waals surface area contributed by atoms with Gasteiger partial charge in [0.2, 0.25) is 0 Å². The number of esters is 1. The van der Waals surface area contributed by atoms with E-state index in [0.717, 1.165) is 12.1 Å². The summed E-state index contributed by atoms with van der Waals surface area (Å²) >= 11 is 0. The molecule has 6 heteroatoms. The first-order chi connectivity index (χ1) is 11.5. The van der Waals surface area contributed by atoms with Crippen molar-refractivity contribution in [1.29, 1.82) is 0 Å². The minimum atomic E-state index is -0.401. The van der Waals surface area contributed by atoms with Crippen molar-refractivity contribution in [1.82, 2.24) is 10.3 Å². The molecule has 1 heterocycles. The van der Waals surface area contributed by atoms with Crippen LogP contribution in [0.4, 0.5) is 11.4 Å². The molecule has 0 radical (unpaired) electrons. The number of anilines is 2. The van der Waals surface area contributed by atoms with E-state index in [4.69, 9.17) is 4.74 Å². The van der Waals surface area contributed by atoms with Crippen molar-refractivity contribution < 1.29 is 14.3 Å². The Morgan fingerprint density at radius 1 is 1.21 bits per heavy atom. The first-order valence-electron chi connectivity index (χ1n) is 7.75. The number of ether oxygens (including phenoxy) is 1. The summed E-state index contributed by atoms with van der Waals surface area (Å²) in [6.45, 7) is 3.95. The van der Waals surface area contributed by atoms with Crippen LogP contribution < -0.4 is 10.6 Å². The molecule has 0 spiro atoms. The van der Waals surface area contributed by atoms with E-state index in [1.165, 1.54) is 7.11 Å². The third-order valence-corrected chi connectivity index (χ3v) is 3.55. The van der Waals surface area contributed by atoms with Gasteiger partial charge in [-0.15, -0.1) is 0 Å². The van der Waals surface area contributed by atoms with E-state index < -0.39 is 5.97 Å². The van der Waals surface area contributed by atoms with Crippen molar-refractivity contribution in [2.75, 3.05) is 12.4 Å². The lowest BCUT2D eigenvalue weighted by atomic mass is 10.2. The number of nitrogens with one attached hydrogen (secondary N) is 2. The minimum absolute atomic E-state index is 0.0904. The van der Waals surface area contributed by atoms with E-state index in [1.807, 2.05) is 19.9 Å². The minimum Gasteiger partial charge on any atom is -0.465 e. The van der Waals surface area contributed by atoms with Crippen molar-refractivity contribution in [3.05, 3.63) is 53.9 Å². The smallest absolute Gasteiger partial charge is 0.337 e. The maximum atomic E-state index is 12.1. The molecule has 0 aliphatic heterocycles. The van der Waals surface area contributed by atoms with Crippen LogP contribution in [0, 0.1) is 0 Å². The molecule has 1 amide bonds. The Morgan fingerprint density at radius 2 is 1.96 bits per heavy atom. The fourth-order valence-electron chi connectivity index (χ4n) is 2.04. The second-order valence-electron chi connectivity index (χ2n) is 5.41. The Morgan fingerprint density at radius 3 is 2.67 bits per heavy atom. The van der Waals surface area contributed by atoms with E-state index in [0.29, 0.717) is 16.9 Å². The molecule has 24 heavy (non-hydrogen) atoms. The zero-order valence-electron chi connectivity index (χ0n) is 14.0. The number of hydrogen-bond acceptors (Lipinski definition) is 5. The summed E-state index contributed by atoms with van der Waals surface area (Å²) in [4.78, 5) is 27.8. The number of amides is 1. The number of nitrogens with zero attached hydrogens (tertiary/aromatic N) is 1. The molecule has 0 saturated heterocycles. The maximum Gasteiger partial charge on any atom is 0.337 e. The van der Waals surface area contributed by atoms with Gasteiger partial charge in [0.15, 0.2) is 0 Å². The van der Waals surface area contributed by atoms with Crippen LogP contribution in [-0.4, -0.2) is 30.0 Å². The number of benzene rings is 1. The quantitative estimate of drug-likeness (QED) is 0.797. The average molecular weight is 327 g/mol. The number of pyridine rings is 1. The second-order valence-corrected chi connectivity index (χ2v) is 5.41. The zero-order valence-corrected chi connectivity index (χ0v) is 14.0. The predicted molar refractivity (Wildman–Crippen MR) is 92.5 cm³/mol. The van der Waals surface area contributed by atoms with Gasteiger partial charge in [0, 0.05) is 23.6 Å². The molecule has 0 aliphatic rings. The monoisotopic (exact) mass is 327 g/mol. The highest BCUT2D eigenvalue weighted by Gasteiger charge is 2.11. The van der Waals surface area contributed by atoms with E-state index in [2.05, 4.69) is 15.6 Å². The average Bonchev–Trinajstić information content (AvgIpc) is 2.61. The highest BCUT2D eigenvalue weighted by atomic mass is 16.5. The highest BCUT2D eigenvalue weighted by molar-refractivity contribution is 5.93. The van der Waals surface area contributed by atoms with Gasteiger partial charge in [-0.2, -0.15) is 0 Å². The topological polar surface area (TPSA) is 80.3 Å². The Bertz CT molecular complexity index is 731. The van der Waals surface area contributed by atoms with Crippen molar-refractivity contribution in [2.45, 2.75) is 26.3 Å². The first kappa shape index (κ1) is 17.5. The fraction of sp³-hybridized carbons (Fsp3) is 0.278. The van der Waals surface area contributed by atoms with Gasteiger partial charge in [0.05, 0.1) is 12.7 Å². The summed E-state index contributed by atoms with van der Waals surface area (Å²) in [6, 6.07) is 10.5. The van der Waals surface area contributed by atoms with Crippen LogP contribution in [0.15, 0.2) is 42.6 Å². The molecular weight excluding hydrogens is 306 g/mol. The van der Waals surface area contributed by atoms with Crippen LogP contribution in [0.3, 0.4) is 0 Å². The summed E-state index contributed by atoms with van der Waals surface area (Å²) in [6.07, 6.45) is 2.42. The number of carbonyl (C=O) groups is 2. The summed E-state index contributed by atoms with van der Waals surface area (Å²) in [7, 11) is 1.34. The number of aromatic nitrogens is 1. The lowest BCUT2D eigenvalue weighted by Crippen LogP contribution is -2.32. The standard InChI is InChI=1S/C18H21N3O3/c1-4-12(2)20-17(22)16-11-15(8-9-19-16)21-14-7-5-6-13(10-14)18(23)24-3/h5-12H,4H2,1-3H3,(H,19,21)(H,20,22). The molecule has 2 aromatic rings. The molecule has 2 rings (SSSR count). The van der Waals surface area contributed by atoms with E-state index >= 15 is 0 Å². The van der Waals surface area contributed by atoms with E-state index in [9.17, 15) is 9.59 Å². The van der Waals surface area contributed by atoms with Crippen molar-refractivity contribution in [3.63, 3.8) is 0 Å².